The van der Waals surface area contributed by atoms with Crippen LogP contribution in [0.15, 0.2) is 0 Å². The minimum Gasteiger partial charge on any atom is -0.383 e. The number of nitrogens with zero attached hydrogens (tertiary/aromatic N) is 1. The van der Waals surface area contributed by atoms with Crippen LogP contribution in [0.2, 0.25) is 0 Å². The first-order valence-electron chi connectivity index (χ1n) is 3.96. The average Bonchev–Trinajstić information content (AvgIpc) is 2.20. The zero-order chi connectivity index (χ0) is 7.56. The average molecular weight is 143 g/mol. The molecule has 0 aromatic rings. The molecule has 0 aromatic heterocycles. The second kappa shape index (κ2) is 3.35. The number of hydrogen-bond donors (Lipinski definition) is 0. The molecule has 0 aliphatic carbocycles. The lowest BCUT2D eigenvalue weighted by Gasteiger charge is -2.22. The van der Waals surface area contributed by atoms with Crippen molar-refractivity contribution >= 4 is 0 Å². The third kappa shape index (κ3) is 1.50. The molecule has 1 saturated heterocycles. The van der Waals surface area contributed by atoms with E-state index in [4.69, 9.17) is 4.74 Å². The Kier molecular flexibility index (Phi) is 2.69. The Bertz CT molecular complexity index is 103. The topological polar surface area (TPSA) is 12.5 Å². The van der Waals surface area contributed by atoms with Crippen LogP contribution in [0.3, 0.4) is 0 Å². The third-order valence-corrected chi connectivity index (χ3v) is 2.55. The highest BCUT2D eigenvalue weighted by molar-refractivity contribution is 4.81. The number of hydrogen-bond acceptors (Lipinski definition) is 2. The molecule has 1 fully saturated rings. The van der Waals surface area contributed by atoms with Crippen LogP contribution in [0.25, 0.3) is 0 Å². The SMILES string of the molecule is COC[C@@H]1CCC(C)N1C. The van der Waals surface area contributed by atoms with E-state index >= 15 is 0 Å². The summed E-state index contributed by atoms with van der Waals surface area (Å²) >= 11 is 0. The Morgan fingerprint density at radius 1 is 1.50 bits per heavy atom. The Morgan fingerprint density at radius 2 is 2.20 bits per heavy atom. The van der Waals surface area contributed by atoms with E-state index in [9.17, 15) is 0 Å². The number of rotatable bonds is 2. The molecule has 60 valence electrons. The third-order valence-electron chi connectivity index (χ3n) is 2.55. The fraction of sp³-hybridized carbons (Fsp3) is 1.00. The molecule has 1 aliphatic rings. The summed E-state index contributed by atoms with van der Waals surface area (Å²) in [6, 6.07) is 1.42. The van der Waals surface area contributed by atoms with Crippen LogP contribution in [0.1, 0.15) is 19.8 Å². The first-order valence-corrected chi connectivity index (χ1v) is 3.96. The van der Waals surface area contributed by atoms with Crippen LogP contribution < -0.4 is 0 Å². The molecule has 0 radical (unpaired) electrons. The standard InChI is InChI=1S/C8H17NO/c1-7-4-5-8(6-10-3)9(7)2/h7-8H,4-6H2,1-3H3/t7?,8-/m0/s1. The summed E-state index contributed by atoms with van der Waals surface area (Å²) < 4.78 is 5.10. The van der Waals surface area contributed by atoms with Gasteiger partial charge in [-0.1, -0.05) is 0 Å². The van der Waals surface area contributed by atoms with Crippen LogP contribution in [-0.4, -0.2) is 37.7 Å². The maximum Gasteiger partial charge on any atom is 0.0618 e. The highest BCUT2D eigenvalue weighted by Crippen LogP contribution is 2.21. The normalized spacial score (nSPS) is 35.1. The fourth-order valence-electron chi connectivity index (χ4n) is 1.59. The van der Waals surface area contributed by atoms with Crippen molar-refractivity contribution in [3.8, 4) is 0 Å². The minimum absolute atomic E-state index is 0.667. The van der Waals surface area contributed by atoms with Crippen LogP contribution in [0, 0.1) is 0 Å². The molecule has 1 heterocycles. The Hall–Kier alpha value is -0.0800. The minimum atomic E-state index is 0.667. The molecule has 2 atom stereocenters. The van der Waals surface area contributed by atoms with Crippen molar-refractivity contribution in [1.82, 2.24) is 4.90 Å². The molecule has 0 saturated carbocycles. The zero-order valence-electron chi connectivity index (χ0n) is 7.13. The van der Waals surface area contributed by atoms with E-state index in [0.717, 1.165) is 12.6 Å². The van der Waals surface area contributed by atoms with Gasteiger partial charge in [-0.15, -0.1) is 0 Å². The Morgan fingerprint density at radius 3 is 2.60 bits per heavy atom. The fourth-order valence-corrected chi connectivity index (χ4v) is 1.59. The van der Waals surface area contributed by atoms with Crippen LogP contribution >= 0.6 is 0 Å². The zero-order valence-corrected chi connectivity index (χ0v) is 7.13. The smallest absolute Gasteiger partial charge is 0.0618 e. The maximum absolute atomic E-state index is 5.10. The molecule has 2 heteroatoms. The monoisotopic (exact) mass is 143 g/mol. The largest absolute Gasteiger partial charge is 0.383 e. The molecule has 10 heavy (non-hydrogen) atoms. The molecular formula is C8H17NO. The lowest BCUT2D eigenvalue weighted by molar-refractivity contribution is 0.117. The molecule has 1 aliphatic heterocycles. The van der Waals surface area contributed by atoms with Crippen molar-refractivity contribution in [1.29, 1.82) is 0 Å². The Balaban J connectivity index is 2.33. The van der Waals surface area contributed by atoms with Crippen molar-refractivity contribution in [2.45, 2.75) is 31.8 Å². The quantitative estimate of drug-likeness (QED) is 0.574. The number of likely N-dealkylation sites (N-methyl/N-ethyl adjacent to an activating group) is 1. The van der Waals surface area contributed by atoms with Gasteiger partial charge in [-0.3, -0.25) is 4.90 Å². The van der Waals surface area contributed by atoms with Gasteiger partial charge in [-0.2, -0.15) is 0 Å². The molecule has 1 rings (SSSR count). The van der Waals surface area contributed by atoms with E-state index in [-0.39, 0.29) is 0 Å². The van der Waals surface area contributed by atoms with E-state index in [0.29, 0.717) is 6.04 Å². The lowest BCUT2D eigenvalue weighted by Crippen LogP contribution is -2.33. The van der Waals surface area contributed by atoms with Crippen molar-refractivity contribution in [2.24, 2.45) is 0 Å². The Labute approximate surface area is 63.2 Å². The van der Waals surface area contributed by atoms with Gasteiger partial charge in [0.15, 0.2) is 0 Å². The van der Waals surface area contributed by atoms with Gasteiger partial charge >= 0.3 is 0 Å². The number of likely N-dealkylation sites (tertiary alicyclic amines) is 1. The van der Waals surface area contributed by atoms with E-state index in [1.54, 1.807) is 7.11 Å². The van der Waals surface area contributed by atoms with E-state index in [1.807, 2.05) is 0 Å². The summed E-state index contributed by atoms with van der Waals surface area (Å²) in [5.41, 5.74) is 0. The molecule has 0 spiro atoms. The highest BCUT2D eigenvalue weighted by atomic mass is 16.5. The van der Waals surface area contributed by atoms with Gasteiger partial charge in [0.05, 0.1) is 6.61 Å². The summed E-state index contributed by atoms with van der Waals surface area (Å²) in [5.74, 6) is 0. The van der Waals surface area contributed by atoms with Crippen LogP contribution in [-0.2, 0) is 4.74 Å². The number of ether oxygens (including phenoxy) is 1. The molecule has 0 aromatic carbocycles. The van der Waals surface area contributed by atoms with Gasteiger partial charge in [0.25, 0.3) is 0 Å². The van der Waals surface area contributed by atoms with Gasteiger partial charge in [0, 0.05) is 19.2 Å². The van der Waals surface area contributed by atoms with E-state index in [1.165, 1.54) is 12.8 Å². The lowest BCUT2D eigenvalue weighted by atomic mass is 10.2. The van der Waals surface area contributed by atoms with Gasteiger partial charge in [-0.25, -0.2) is 0 Å². The van der Waals surface area contributed by atoms with E-state index < -0.39 is 0 Å². The second-order valence-electron chi connectivity index (χ2n) is 3.20. The predicted octanol–water partition coefficient (Wildman–Crippen LogP) is 1.12. The van der Waals surface area contributed by atoms with Crippen molar-refractivity contribution in [3.63, 3.8) is 0 Å². The summed E-state index contributed by atoms with van der Waals surface area (Å²) in [6.07, 6.45) is 2.62. The summed E-state index contributed by atoms with van der Waals surface area (Å²) in [6.45, 7) is 3.16. The van der Waals surface area contributed by atoms with Crippen LogP contribution in [0.5, 0.6) is 0 Å². The summed E-state index contributed by atoms with van der Waals surface area (Å²) in [4.78, 5) is 2.41. The van der Waals surface area contributed by atoms with Gasteiger partial charge in [-0.05, 0) is 26.8 Å². The number of methoxy groups -OCH3 is 1. The van der Waals surface area contributed by atoms with Gasteiger partial charge < -0.3 is 4.74 Å². The van der Waals surface area contributed by atoms with Crippen molar-refractivity contribution < 1.29 is 4.74 Å². The molecule has 0 amide bonds. The van der Waals surface area contributed by atoms with Gasteiger partial charge in [0.1, 0.15) is 0 Å². The maximum atomic E-state index is 5.10. The predicted molar refractivity (Wildman–Crippen MR) is 42.1 cm³/mol. The van der Waals surface area contributed by atoms with Crippen molar-refractivity contribution in [3.05, 3.63) is 0 Å². The van der Waals surface area contributed by atoms with Crippen LogP contribution in [0.4, 0.5) is 0 Å². The van der Waals surface area contributed by atoms with Gasteiger partial charge in [0.2, 0.25) is 0 Å². The second-order valence-corrected chi connectivity index (χ2v) is 3.20. The summed E-state index contributed by atoms with van der Waals surface area (Å²) in [7, 11) is 3.96. The summed E-state index contributed by atoms with van der Waals surface area (Å²) in [5, 5.41) is 0. The molecular weight excluding hydrogens is 126 g/mol. The van der Waals surface area contributed by atoms with E-state index in [2.05, 4.69) is 18.9 Å². The highest BCUT2D eigenvalue weighted by Gasteiger charge is 2.26. The molecule has 2 nitrogen and oxygen atoms in total. The first kappa shape index (κ1) is 8.02. The molecule has 0 bridgehead atoms. The molecule has 1 unspecified atom stereocenters. The first-order chi connectivity index (χ1) is 4.75. The van der Waals surface area contributed by atoms with Crippen molar-refractivity contribution in [2.75, 3.05) is 20.8 Å². The molecule has 0 N–H and O–H groups in total.